The van der Waals surface area contributed by atoms with Crippen molar-refractivity contribution in [3.8, 4) is 0 Å². The molecule has 0 aliphatic carbocycles. The molecule has 16 heavy (non-hydrogen) atoms. The smallest absolute Gasteiger partial charge is 0.338 e. The molecule has 0 atom stereocenters. The first-order chi connectivity index (χ1) is 7.44. The minimum absolute atomic E-state index is 0.0123. The fraction of sp³-hybridized carbons (Fsp3) is 0.556. The first kappa shape index (κ1) is 12.7. The van der Waals surface area contributed by atoms with Crippen LogP contribution in [0.2, 0.25) is 0 Å². The van der Waals surface area contributed by atoms with Gasteiger partial charge in [-0.1, -0.05) is 6.92 Å². The van der Waals surface area contributed by atoms with Crippen LogP contribution >= 0.6 is 0 Å². The van der Waals surface area contributed by atoms with Gasteiger partial charge in [0.1, 0.15) is 0 Å². The van der Waals surface area contributed by atoms with E-state index < -0.39 is 15.8 Å². The molecule has 0 aliphatic rings. The van der Waals surface area contributed by atoms with Crippen molar-refractivity contribution in [3.05, 3.63) is 18.0 Å². The summed E-state index contributed by atoms with van der Waals surface area (Å²) < 4.78 is 24.1. The number of aromatic nitrogens is 2. The fourth-order valence-corrected chi connectivity index (χ4v) is 2.53. The molecule has 7 heteroatoms. The number of sulfone groups is 1. The number of carboxylic acid groups (broad SMARTS) is 1. The van der Waals surface area contributed by atoms with E-state index in [1.54, 1.807) is 6.92 Å². The molecule has 0 amide bonds. The summed E-state index contributed by atoms with van der Waals surface area (Å²) in [5, 5.41) is 12.4. The van der Waals surface area contributed by atoms with Crippen molar-refractivity contribution in [3.63, 3.8) is 0 Å². The van der Waals surface area contributed by atoms with Crippen LogP contribution in [0.5, 0.6) is 0 Å². The summed E-state index contributed by atoms with van der Waals surface area (Å²) in [6.45, 7) is 1.99. The second kappa shape index (κ2) is 5.11. The Bertz CT molecular complexity index is 464. The van der Waals surface area contributed by atoms with Crippen LogP contribution in [0.3, 0.4) is 0 Å². The lowest BCUT2D eigenvalue weighted by Gasteiger charge is -2.02. The van der Waals surface area contributed by atoms with Crippen molar-refractivity contribution in [1.82, 2.24) is 9.78 Å². The Hall–Kier alpha value is -1.37. The Kier molecular flexibility index (Phi) is 4.05. The normalized spacial score (nSPS) is 11.6. The Morgan fingerprint density at radius 2 is 2.19 bits per heavy atom. The Morgan fingerprint density at radius 3 is 2.69 bits per heavy atom. The van der Waals surface area contributed by atoms with Crippen molar-refractivity contribution < 1.29 is 18.3 Å². The summed E-state index contributed by atoms with van der Waals surface area (Å²) in [6, 6.07) is 0. The van der Waals surface area contributed by atoms with E-state index in [-0.39, 0.29) is 23.6 Å². The van der Waals surface area contributed by atoms with E-state index in [1.807, 2.05) is 0 Å². The van der Waals surface area contributed by atoms with Gasteiger partial charge in [0.25, 0.3) is 0 Å². The van der Waals surface area contributed by atoms with E-state index in [9.17, 15) is 13.2 Å². The Labute approximate surface area is 93.8 Å². The number of hydrogen-bond acceptors (Lipinski definition) is 4. The Balaban J connectivity index is 2.58. The van der Waals surface area contributed by atoms with Crippen LogP contribution in [0.25, 0.3) is 0 Å². The van der Waals surface area contributed by atoms with Gasteiger partial charge in [-0.05, 0) is 6.42 Å². The highest BCUT2D eigenvalue weighted by molar-refractivity contribution is 7.91. The quantitative estimate of drug-likeness (QED) is 0.785. The lowest BCUT2D eigenvalue weighted by molar-refractivity contribution is 0.0697. The summed E-state index contributed by atoms with van der Waals surface area (Å²) in [5.74, 6) is -0.926. The molecule has 0 aliphatic heterocycles. The van der Waals surface area contributed by atoms with E-state index >= 15 is 0 Å². The zero-order valence-electron chi connectivity index (χ0n) is 8.96. The molecule has 0 fully saturated rings. The van der Waals surface area contributed by atoms with Crippen molar-refractivity contribution in [2.75, 3.05) is 11.5 Å². The first-order valence-electron chi connectivity index (χ1n) is 4.91. The molecular formula is C9H14N2O4S. The van der Waals surface area contributed by atoms with Gasteiger partial charge in [-0.25, -0.2) is 13.2 Å². The van der Waals surface area contributed by atoms with E-state index in [0.717, 1.165) is 0 Å². The van der Waals surface area contributed by atoms with E-state index in [4.69, 9.17) is 5.11 Å². The SMILES string of the molecule is CCCS(=O)(=O)CCn1cc(C(=O)O)cn1. The third kappa shape index (κ3) is 3.65. The Morgan fingerprint density at radius 1 is 1.50 bits per heavy atom. The highest BCUT2D eigenvalue weighted by Crippen LogP contribution is 2.00. The predicted octanol–water partition coefficient (Wildman–Crippen LogP) is 0.406. The van der Waals surface area contributed by atoms with Gasteiger partial charge >= 0.3 is 5.97 Å². The van der Waals surface area contributed by atoms with Gasteiger partial charge in [0.2, 0.25) is 0 Å². The molecule has 1 heterocycles. The maximum absolute atomic E-state index is 11.4. The van der Waals surface area contributed by atoms with Gasteiger partial charge in [0.15, 0.2) is 9.84 Å². The second-order valence-corrected chi connectivity index (χ2v) is 5.75. The molecule has 0 saturated carbocycles. The van der Waals surface area contributed by atoms with Gasteiger partial charge in [0.05, 0.1) is 24.1 Å². The highest BCUT2D eigenvalue weighted by atomic mass is 32.2. The molecule has 0 radical (unpaired) electrons. The van der Waals surface area contributed by atoms with Crippen LogP contribution in [-0.4, -0.2) is 40.8 Å². The number of nitrogens with zero attached hydrogens (tertiary/aromatic N) is 2. The summed E-state index contributed by atoms with van der Waals surface area (Å²) in [7, 11) is -3.05. The van der Waals surface area contributed by atoms with Gasteiger partial charge in [-0.3, -0.25) is 4.68 Å². The topological polar surface area (TPSA) is 89.3 Å². The highest BCUT2D eigenvalue weighted by Gasteiger charge is 2.11. The fourth-order valence-electron chi connectivity index (χ4n) is 1.24. The van der Waals surface area contributed by atoms with Crippen LogP contribution in [0.1, 0.15) is 23.7 Å². The monoisotopic (exact) mass is 246 g/mol. The van der Waals surface area contributed by atoms with Crippen LogP contribution in [0, 0.1) is 0 Å². The third-order valence-electron chi connectivity index (χ3n) is 2.03. The van der Waals surface area contributed by atoms with Crippen LogP contribution in [-0.2, 0) is 16.4 Å². The van der Waals surface area contributed by atoms with E-state index in [0.29, 0.717) is 6.42 Å². The number of rotatable bonds is 6. The van der Waals surface area contributed by atoms with Crippen molar-refractivity contribution in [2.45, 2.75) is 19.9 Å². The molecule has 0 unspecified atom stereocenters. The molecule has 90 valence electrons. The molecule has 6 nitrogen and oxygen atoms in total. The first-order valence-corrected chi connectivity index (χ1v) is 6.73. The van der Waals surface area contributed by atoms with Crippen LogP contribution in [0.4, 0.5) is 0 Å². The molecule has 0 aromatic carbocycles. The third-order valence-corrected chi connectivity index (χ3v) is 3.86. The molecule has 1 aromatic rings. The number of carboxylic acids is 1. The number of aryl methyl sites for hydroxylation is 1. The van der Waals surface area contributed by atoms with E-state index in [2.05, 4.69) is 5.10 Å². The summed E-state index contributed by atoms with van der Waals surface area (Å²) >= 11 is 0. The number of carbonyl (C=O) groups is 1. The maximum atomic E-state index is 11.4. The van der Waals surface area contributed by atoms with Crippen molar-refractivity contribution in [2.24, 2.45) is 0 Å². The van der Waals surface area contributed by atoms with Crippen molar-refractivity contribution >= 4 is 15.8 Å². The standard InChI is InChI=1S/C9H14N2O4S/c1-2-4-16(14,15)5-3-11-7-8(6-10-11)9(12)13/h6-7H,2-5H2,1H3,(H,12,13). The van der Waals surface area contributed by atoms with Gasteiger partial charge < -0.3 is 5.11 Å². The largest absolute Gasteiger partial charge is 0.478 e. The molecule has 1 aromatic heterocycles. The van der Waals surface area contributed by atoms with E-state index in [1.165, 1.54) is 17.1 Å². The molecular weight excluding hydrogens is 232 g/mol. The number of hydrogen-bond donors (Lipinski definition) is 1. The minimum Gasteiger partial charge on any atom is -0.478 e. The summed E-state index contributed by atoms with van der Waals surface area (Å²) in [4.78, 5) is 10.5. The molecule has 1 rings (SSSR count). The lowest BCUT2D eigenvalue weighted by atomic mass is 10.4. The second-order valence-electron chi connectivity index (χ2n) is 3.45. The summed E-state index contributed by atoms with van der Waals surface area (Å²) in [6.07, 6.45) is 3.11. The maximum Gasteiger partial charge on any atom is 0.338 e. The average Bonchev–Trinajstić information content (AvgIpc) is 2.63. The number of aromatic carboxylic acids is 1. The predicted molar refractivity (Wildman–Crippen MR) is 58.1 cm³/mol. The average molecular weight is 246 g/mol. The molecule has 0 spiro atoms. The van der Waals surface area contributed by atoms with Gasteiger partial charge in [0, 0.05) is 11.9 Å². The van der Waals surface area contributed by atoms with Crippen molar-refractivity contribution in [1.29, 1.82) is 0 Å². The molecule has 1 N–H and O–H groups in total. The van der Waals surface area contributed by atoms with Crippen LogP contribution in [0.15, 0.2) is 12.4 Å². The zero-order chi connectivity index (χ0) is 12.2. The van der Waals surface area contributed by atoms with Gasteiger partial charge in [-0.2, -0.15) is 5.10 Å². The lowest BCUT2D eigenvalue weighted by Crippen LogP contribution is -2.16. The van der Waals surface area contributed by atoms with Crippen LogP contribution < -0.4 is 0 Å². The minimum atomic E-state index is -3.05. The molecule has 0 bridgehead atoms. The van der Waals surface area contributed by atoms with Gasteiger partial charge in [-0.15, -0.1) is 0 Å². The zero-order valence-corrected chi connectivity index (χ0v) is 9.77. The molecule has 0 saturated heterocycles. The summed E-state index contributed by atoms with van der Waals surface area (Å²) in [5.41, 5.74) is 0.0629.